The Labute approximate surface area is 231 Å². The predicted octanol–water partition coefficient (Wildman–Crippen LogP) is 4.61. The van der Waals surface area contributed by atoms with E-state index in [0.717, 1.165) is 36.8 Å². The van der Waals surface area contributed by atoms with Crippen LogP contribution < -0.4 is 14.9 Å². The molecule has 4 aromatic rings. The maximum atomic E-state index is 12.9. The molecular formula is C27H28ClN5O3S2. The van der Waals surface area contributed by atoms with Gasteiger partial charge in [-0.2, -0.15) is 0 Å². The van der Waals surface area contributed by atoms with Crippen LogP contribution in [0.5, 0.6) is 0 Å². The predicted molar refractivity (Wildman–Crippen MR) is 154 cm³/mol. The van der Waals surface area contributed by atoms with Crippen molar-refractivity contribution >= 4 is 59.9 Å². The average Bonchev–Trinajstić information content (AvgIpc) is 3.32. The number of piperazine rings is 1. The van der Waals surface area contributed by atoms with E-state index in [1.54, 1.807) is 35.6 Å². The molecule has 0 aliphatic carbocycles. The summed E-state index contributed by atoms with van der Waals surface area (Å²) in [5.41, 5.74) is 2.76. The van der Waals surface area contributed by atoms with Crippen molar-refractivity contribution in [3.63, 3.8) is 0 Å². The maximum Gasteiger partial charge on any atom is 0.261 e. The van der Waals surface area contributed by atoms with E-state index in [1.165, 1.54) is 34.5 Å². The van der Waals surface area contributed by atoms with Gasteiger partial charge in [-0.25, -0.2) is 13.4 Å². The first-order valence-corrected chi connectivity index (χ1v) is 15.0. The van der Waals surface area contributed by atoms with E-state index >= 15 is 0 Å². The molecule has 2 N–H and O–H groups in total. The second kappa shape index (κ2) is 11.3. The highest BCUT2D eigenvalue weighted by Crippen LogP contribution is 2.30. The second-order valence-electron chi connectivity index (χ2n) is 9.16. The lowest BCUT2D eigenvalue weighted by Gasteiger charge is -2.34. The normalized spacial score (nSPS) is 14.5. The molecular weight excluding hydrogens is 542 g/mol. The summed E-state index contributed by atoms with van der Waals surface area (Å²) in [5, 5.41) is 4.42. The number of fused-ring (bicyclic) bond motifs is 1. The third kappa shape index (κ3) is 6.10. The number of sulfonamides is 1. The molecule has 1 fully saturated rings. The third-order valence-electron chi connectivity index (χ3n) is 6.43. The first-order valence-electron chi connectivity index (χ1n) is 12.3. The van der Waals surface area contributed by atoms with Gasteiger partial charge < -0.3 is 10.2 Å². The van der Waals surface area contributed by atoms with Crippen LogP contribution in [0.4, 0.5) is 10.8 Å². The number of rotatable bonds is 8. The number of nitrogens with zero attached hydrogens (tertiary/aromatic N) is 3. The first kappa shape index (κ1) is 26.4. The van der Waals surface area contributed by atoms with Crippen LogP contribution in [-0.2, 0) is 10.0 Å². The van der Waals surface area contributed by atoms with E-state index in [1.807, 2.05) is 0 Å². The van der Waals surface area contributed by atoms with Crippen molar-refractivity contribution in [2.24, 2.45) is 0 Å². The molecule has 1 amide bonds. The Hall–Kier alpha value is -3.18. The summed E-state index contributed by atoms with van der Waals surface area (Å²) in [5.74, 6) is -0.331. The van der Waals surface area contributed by atoms with Crippen LogP contribution >= 0.6 is 22.9 Å². The van der Waals surface area contributed by atoms with E-state index in [4.69, 9.17) is 16.6 Å². The minimum atomic E-state index is -3.87. The number of thiazole rings is 1. The van der Waals surface area contributed by atoms with Crippen LogP contribution in [0.25, 0.3) is 10.2 Å². The number of para-hydroxylation sites is 1. The number of carbonyl (C=O) groups excluding carboxylic acids is 1. The molecule has 0 radical (unpaired) electrons. The van der Waals surface area contributed by atoms with Gasteiger partial charge in [0.2, 0.25) is 0 Å². The topological polar surface area (TPSA) is 94.6 Å². The Morgan fingerprint density at radius 2 is 1.76 bits per heavy atom. The van der Waals surface area contributed by atoms with Crippen LogP contribution in [0.1, 0.15) is 15.9 Å². The highest BCUT2D eigenvalue weighted by atomic mass is 35.5. The molecule has 3 aromatic carbocycles. The SMILES string of the molecule is Cc1ccc2nc(N3CCN(CCNC(=O)c4ccccc4NS(=O)(=O)c4ccc(Cl)cc4)CC3)sc2c1. The number of carbonyl (C=O) groups is 1. The van der Waals surface area contributed by atoms with Crippen molar-refractivity contribution in [1.29, 1.82) is 0 Å². The molecule has 0 bridgehead atoms. The molecule has 0 saturated carbocycles. The van der Waals surface area contributed by atoms with Gasteiger partial charge in [0, 0.05) is 44.3 Å². The van der Waals surface area contributed by atoms with Crippen LogP contribution in [-0.4, -0.2) is 63.5 Å². The Kier molecular flexibility index (Phi) is 7.85. The number of nitrogens with one attached hydrogen (secondary N) is 2. The van der Waals surface area contributed by atoms with Gasteiger partial charge in [0.15, 0.2) is 5.13 Å². The molecule has 0 atom stereocenters. The molecule has 1 aromatic heterocycles. The zero-order valence-electron chi connectivity index (χ0n) is 20.9. The second-order valence-corrected chi connectivity index (χ2v) is 12.3. The van der Waals surface area contributed by atoms with Crippen LogP contribution in [0.3, 0.4) is 0 Å². The smallest absolute Gasteiger partial charge is 0.261 e. The van der Waals surface area contributed by atoms with Gasteiger partial charge in [-0.15, -0.1) is 0 Å². The Balaban J connectivity index is 1.14. The molecule has 198 valence electrons. The quantitative estimate of drug-likeness (QED) is 0.322. The van der Waals surface area contributed by atoms with Crippen molar-refractivity contribution < 1.29 is 13.2 Å². The van der Waals surface area contributed by atoms with E-state index < -0.39 is 10.0 Å². The number of halogens is 1. The number of anilines is 2. The summed E-state index contributed by atoms with van der Waals surface area (Å²) >= 11 is 7.60. The van der Waals surface area contributed by atoms with Gasteiger partial charge in [-0.1, -0.05) is 41.1 Å². The summed E-state index contributed by atoms with van der Waals surface area (Å²) in [4.78, 5) is 22.4. The molecule has 0 unspecified atom stereocenters. The van der Waals surface area contributed by atoms with Gasteiger partial charge in [-0.05, 0) is 61.0 Å². The van der Waals surface area contributed by atoms with Gasteiger partial charge in [-0.3, -0.25) is 14.4 Å². The molecule has 1 aliphatic rings. The van der Waals surface area contributed by atoms with Gasteiger partial charge >= 0.3 is 0 Å². The van der Waals surface area contributed by atoms with Crippen molar-refractivity contribution in [2.45, 2.75) is 11.8 Å². The van der Waals surface area contributed by atoms with Crippen molar-refractivity contribution in [3.8, 4) is 0 Å². The lowest BCUT2D eigenvalue weighted by molar-refractivity contribution is 0.0948. The number of hydrogen-bond acceptors (Lipinski definition) is 7. The number of amides is 1. The first-order chi connectivity index (χ1) is 18.3. The van der Waals surface area contributed by atoms with Crippen LogP contribution in [0.15, 0.2) is 71.6 Å². The van der Waals surface area contributed by atoms with E-state index in [2.05, 4.69) is 45.0 Å². The Morgan fingerprint density at radius 1 is 1.03 bits per heavy atom. The lowest BCUT2D eigenvalue weighted by atomic mass is 10.1. The highest BCUT2D eigenvalue weighted by Gasteiger charge is 2.21. The molecule has 11 heteroatoms. The zero-order chi connectivity index (χ0) is 26.7. The van der Waals surface area contributed by atoms with Gasteiger partial charge in [0.1, 0.15) is 0 Å². The molecule has 1 aliphatic heterocycles. The monoisotopic (exact) mass is 569 g/mol. The standard InChI is InChI=1S/C27H28ClN5O3S2/c1-19-6-11-24-25(18-19)37-27(30-24)33-16-14-32(15-17-33)13-12-29-26(34)22-4-2-3-5-23(22)31-38(35,36)21-9-7-20(28)8-10-21/h2-11,18,31H,12-17H2,1H3,(H,29,34). The van der Waals surface area contributed by atoms with Gasteiger partial charge in [0.05, 0.1) is 26.4 Å². The van der Waals surface area contributed by atoms with Gasteiger partial charge in [0.25, 0.3) is 15.9 Å². The maximum absolute atomic E-state index is 12.9. The fourth-order valence-corrected chi connectivity index (χ4v) is 6.65. The number of benzene rings is 3. The fraction of sp³-hybridized carbons (Fsp3) is 0.259. The number of aryl methyl sites for hydroxylation is 1. The number of aromatic nitrogens is 1. The molecule has 8 nitrogen and oxygen atoms in total. The van der Waals surface area contributed by atoms with E-state index in [0.29, 0.717) is 18.1 Å². The highest BCUT2D eigenvalue weighted by molar-refractivity contribution is 7.92. The van der Waals surface area contributed by atoms with Crippen molar-refractivity contribution in [1.82, 2.24) is 15.2 Å². The molecule has 5 rings (SSSR count). The summed E-state index contributed by atoms with van der Waals surface area (Å²) in [7, 11) is -3.87. The molecule has 0 spiro atoms. The van der Waals surface area contributed by atoms with Crippen LogP contribution in [0, 0.1) is 6.92 Å². The largest absolute Gasteiger partial charge is 0.351 e. The Bertz CT molecular complexity index is 1550. The number of hydrogen-bond donors (Lipinski definition) is 2. The van der Waals surface area contributed by atoms with Crippen LogP contribution in [0.2, 0.25) is 5.02 Å². The summed E-state index contributed by atoms with van der Waals surface area (Å²) < 4.78 is 29.3. The molecule has 1 saturated heterocycles. The van der Waals surface area contributed by atoms with Crippen molar-refractivity contribution in [3.05, 3.63) is 82.9 Å². The van der Waals surface area contributed by atoms with E-state index in [-0.39, 0.29) is 22.1 Å². The minimum Gasteiger partial charge on any atom is -0.351 e. The zero-order valence-corrected chi connectivity index (χ0v) is 23.2. The molecule has 2 heterocycles. The third-order valence-corrected chi connectivity index (χ3v) is 9.14. The summed E-state index contributed by atoms with van der Waals surface area (Å²) in [6.07, 6.45) is 0. The molecule has 38 heavy (non-hydrogen) atoms. The Morgan fingerprint density at radius 3 is 2.53 bits per heavy atom. The minimum absolute atomic E-state index is 0.0669. The van der Waals surface area contributed by atoms with Crippen molar-refractivity contribution in [2.75, 3.05) is 48.9 Å². The average molecular weight is 570 g/mol. The van der Waals surface area contributed by atoms with E-state index in [9.17, 15) is 13.2 Å². The summed E-state index contributed by atoms with van der Waals surface area (Å²) in [6, 6.07) is 18.8. The fourth-order valence-electron chi connectivity index (χ4n) is 4.33. The summed E-state index contributed by atoms with van der Waals surface area (Å²) in [6.45, 7) is 6.76. The lowest BCUT2D eigenvalue weighted by Crippen LogP contribution is -2.48.